The first kappa shape index (κ1) is 24.6. The molecular formula is C26H30ClNO5. The average molecular weight is 472 g/mol. The predicted octanol–water partition coefficient (Wildman–Crippen LogP) is 5.94. The van der Waals surface area contributed by atoms with Gasteiger partial charge in [0.2, 0.25) is 0 Å². The summed E-state index contributed by atoms with van der Waals surface area (Å²) in [6.07, 6.45) is 0. The van der Waals surface area contributed by atoms with Gasteiger partial charge in [0.15, 0.2) is 0 Å². The van der Waals surface area contributed by atoms with Crippen molar-refractivity contribution < 1.29 is 24.2 Å². The number of aromatic hydroxyl groups is 1. The number of nitrogens with zero attached hydrogens (tertiary/aromatic N) is 1. The molecule has 1 N–H and O–H groups in total. The van der Waals surface area contributed by atoms with E-state index in [0.717, 1.165) is 11.2 Å². The Morgan fingerprint density at radius 2 is 1.79 bits per heavy atom. The number of aromatic nitrogens is 1. The third-order valence-corrected chi connectivity index (χ3v) is 6.34. The zero-order valence-corrected chi connectivity index (χ0v) is 20.6. The predicted molar refractivity (Wildman–Crippen MR) is 129 cm³/mol. The van der Waals surface area contributed by atoms with Gasteiger partial charge in [0.1, 0.15) is 11.2 Å². The van der Waals surface area contributed by atoms with Crippen LogP contribution in [0.15, 0.2) is 36.4 Å². The summed E-state index contributed by atoms with van der Waals surface area (Å²) in [5, 5.41) is 11.1. The SMILES string of the molecule is CCOC(=O)c1c(C)n(C(C)C)c2cccc(C(C)(C(=O)OCC)c3ccc(Cl)c(O)c3)c12. The molecule has 33 heavy (non-hydrogen) atoms. The Kier molecular flexibility index (Phi) is 7.08. The van der Waals surface area contributed by atoms with Gasteiger partial charge >= 0.3 is 11.9 Å². The van der Waals surface area contributed by atoms with E-state index < -0.39 is 17.4 Å². The van der Waals surface area contributed by atoms with Gasteiger partial charge in [0, 0.05) is 22.6 Å². The number of rotatable bonds is 7. The van der Waals surface area contributed by atoms with E-state index in [1.165, 1.54) is 6.07 Å². The van der Waals surface area contributed by atoms with Gasteiger partial charge in [-0.1, -0.05) is 29.8 Å². The van der Waals surface area contributed by atoms with Gasteiger partial charge in [-0.3, -0.25) is 4.79 Å². The number of fused-ring (bicyclic) bond motifs is 1. The number of esters is 2. The van der Waals surface area contributed by atoms with E-state index >= 15 is 0 Å². The van der Waals surface area contributed by atoms with Crippen LogP contribution in [0.25, 0.3) is 10.9 Å². The molecule has 0 fully saturated rings. The summed E-state index contributed by atoms with van der Waals surface area (Å²) in [6.45, 7) is 11.6. The van der Waals surface area contributed by atoms with Gasteiger partial charge in [-0.05, 0) is 70.9 Å². The minimum Gasteiger partial charge on any atom is -0.506 e. The van der Waals surface area contributed by atoms with Crippen LogP contribution in [0.1, 0.15) is 67.8 Å². The number of phenols is 1. The Labute approximate surface area is 199 Å². The summed E-state index contributed by atoms with van der Waals surface area (Å²) in [7, 11) is 0. The first-order chi connectivity index (χ1) is 15.6. The highest BCUT2D eigenvalue weighted by atomic mass is 35.5. The van der Waals surface area contributed by atoms with Crippen LogP contribution in [0.3, 0.4) is 0 Å². The second-order valence-electron chi connectivity index (χ2n) is 8.36. The fraction of sp³-hybridized carbons (Fsp3) is 0.385. The van der Waals surface area contributed by atoms with Gasteiger partial charge in [-0.15, -0.1) is 0 Å². The third-order valence-electron chi connectivity index (χ3n) is 6.02. The summed E-state index contributed by atoms with van der Waals surface area (Å²) in [6, 6.07) is 10.4. The van der Waals surface area contributed by atoms with Crippen LogP contribution >= 0.6 is 11.6 Å². The van der Waals surface area contributed by atoms with E-state index in [1.54, 1.807) is 32.9 Å². The Bertz CT molecular complexity index is 1210. The lowest BCUT2D eigenvalue weighted by Gasteiger charge is -2.30. The van der Waals surface area contributed by atoms with Crippen molar-refractivity contribution in [3.8, 4) is 5.75 Å². The highest BCUT2D eigenvalue weighted by molar-refractivity contribution is 6.32. The minimum atomic E-state index is -1.32. The van der Waals surface area contributed by atoms with E-state index in [-0.39, 0.29) is 30.0 Å². The van der Waals surface area contributed by atoms with Gasteiger partial charge in [0.25, 0.3) is 0 Å². The Morgan fingerprint density at radius 1 is 1.12 bits per heavy atom. The minimum absolute atomic E-state index is 0.0688. The van der Waals surface area contributed by atoms with E-state index in [4.69, 9.17) is 21.1 Å². The molecule has 1 heterocycles. The monoisotopic (exact) mass is 471 g/mol. The standard InChI is InChI=1S/C26H30ClNO5/c1-7-32-24(30)22-16(5)28(15(3)4)20-11-9-10-18(23(20)22)26(6,25(31)33-8-2)17-12-13-19(27)21(29)14-17/h9-15,29H,7-8H2,1-6H3. The highest BCUT2D eigenvalue weighted by Crippen LogP contribution is 2.43. The second kappa shape index (κ2) is 9.48. The van der Waals surface area contributed by atoms with Gasteiger partial charge in [-0.2, -0.15) is 0 Å². The topological polar surface area (TPSA) is 77.8 Å². The third kappa shape index (κ3) is 4.08. The number of hydrogen-bond donors (Lipinski definition) is 1. The maximum absolute atomic E-state index is 13.5. The van der Waals surface area contributed by atoms with E-state index in [1.807, 2.05) is 39.0 Å². The number of ether oxygens (including phenoxy) is 2. The molecule has 0 saturated carbocycles. The molecule has 0 aliphatic rings. The molecule has 3 rings (SSSR count). The van der Waals surface area contributed by atoms with Crippen molar-refractivity contribution in [2.45, 2.75) is 53.0 Å². The van der Waals surface area contributed by atoms with Crippen LogP contribution in [0.2, 0.25) is 5.02 Å². The molecule has 0 aliphatic heterocycles. The zero-order chi connectivity index (χ0) is 24.5. The van der Waals surface area contributed by atoms with Crippen LogP contribution in [0.4, 0.5) is 0 Å². The van der Waals surface area contributed by atoms with E-state index in [2.05, 4.69) is 4.57 Å². The molecule has 1 aromatic heterocycles. The number of halogens is 1. The van der Waals surface area contributed by atoms with Crippen LogP contribution < -0.4 is 0 Å². The van der Waals surface area contributed by atoms with Gasteiger partial charge in [0.05, 0.1) is 23.8 Å². The molecule has 0 aliphatic carbocycles. The maximum Gasteiger partial charge on any atom is 0.340 e. The molecule has 0 bridgehead atoms. The Hall–Kier alpha value is -2.99. The lowest BCUT2D eigenvalue weighted by molar-refractivity contribution is -0.147. The molecule has 0 amide bonds. The van der Waals surface area contributed by atoms with Crippen LogP contribution in [0, 0.1) is 6.92 Å². The Balaban J connectivity index is 2.48. The summed E-state index contributed by atoms with van der Waals surface area (Å²) in [5.74, 6) is -1.08. The first-order valence-electron chi connectivity index (χ1n) is 11.1. The largest absolute Gasteiger partial charge is 0.506 e. The summed E-state index contributed by atoms with van der Waals surface area (Å²) >= 11 is 6.04. The smallest absolute Gasteiger partial charge is 0.340 e. The van der Waals surface area contributed by atoms with Crippen molar-refractivity contribution >= 4 is 34.4 Å². The van der Waals surface area contributed by atoms with Crippen molar-refractivity contribution in [3.63, 3.8) is 0 Å². The van der Waals surface area contributed by atoms with Gasteiger partial charge < -0.3 is 19.1 Å². The number of carbonyl (C=O) groups is 2. The summed E-state index contributed by atoms with van der Waals surface area (Å²) in [5.41, 5.74) is 1.76. The number of carbonyl (C=O) groups excluding carboxylic acids is 2. The average Bonchev–Trinajstić information content (AvgIpc) is 3.07. The van der Waals surface area contributed by atoms with Crippen molar-refractivity contribution in [1.82, 2.24) is 4.57 Å². The fourth-order valence-corrected chi connectivity index (χ4v) is 4.62. The van der Waals surface area contributed by atoms with Crippen LogP contribution in [-0.4, -0.2) is 34.8 Å². The van der Waals surface area contributed by atoms with Crippen molar-refractivity contribution in [2.24, 2.45) is 0 Å². The highest BCUT2D eigenvalue weighted by Gasteiger charge is 2.42. The molecule has 1 unspecified atom stereocenters. The van der Waals surface area contributed by atoms with Crippen LogP contribution in [0.5, 0.6) is 5.75 Å². The maximum atomic E-state index is 13.5. The molecule has 0 spiro atoms. The molecular weight excluding hydrogens is 442 g/mol. The first-order valence-corrected chi connectivity index (χ1v) is 11.4. The van der Waals surface area contributed by atoms with Crippen molar-refractivity contribution in [1.29, 1.82) is 0 Å². The van der Waals surface area contributed by atoms with E-state index in [9.17, 15) is 14.7 Å². The summed E-state index contributed by atoms with van der Waals surface area (Å²) < 4.78 is 13.0. The molecule has 6 nitrogen and oxygen atoms in total. The normalized spacial score (nSPS) is 13.2. The fourth-order valence-electron chi connectivity index (χ4n) is 4.50. The lowest BCUT2D eigenvalue weighted by atomic mass is 9.74. The molecule has 176 valence electrons. The summed E-state index contributed by atoms with van der Waals surface area (Å²) in [4.78, 5) is 26.6. The number of phenolic OH excluding ortho intramolecular Hbond substituents is 1. The zero-order valence-electron chi connectivity index (χ0n) is 19.9. The molecule has 2 aromatic carbocycles. The quantitative estimate of drug-likeness (QED) is 0.432. The Morgan fingerprint density at radius 3 is 2.36 bits per heavy atom. The second-order valence-corrected chi connectivity index (χ2v) is 8.76. The number of benzene rings is 2. The van der Waals surface area contributed by atoms with Crippen molar-refractivity contribution in [2.75, 3.05) is 13.2 Å². The van der Waals surface area contributed by atoms with Crippen LogP contribution in [-0.2, 0) is 19.7 Å². The van der Waals surface area contributed by atoms with Crippen molar-refractivity contribution in [3.05, 3.63) is 63.8 Å². The lowest BCUT2D eigenvalue weighted by Crippen LogP contribution is -2.36. The van der Waals surface area contributed by atoms with Gasteiger partial charge in [-0.25, -0.2) is 4.79 Å². The molecule has 3 aromatic rings. The molecule has 7 heteroatoms. The molecule has 1 atom stereocenters. The van der Waals surface area contributed by atoms with E-state index in [0.29, 0.717) is 22.1 Å². The molecule has 0 saturated heterocycles. The number of hydrogen-bond acceptors (Lipinski definition) is 5. The molecule has 0 radical (unpaired) electrons.